The Bertz CT molecular complexity index is 1280. The molecule has 3 aromatic rings. The van der Waals surface area contributed by atoms with Gasteiger partial charge in [0.15, 0.2) is 6.23 Å². The van der Waals surface area contributed by atoms with Crippen molar-refractivity contribution < 1.29 is 33.6 Å². The minimum atomic E-state index is -3.49. The summed E-state index contributed by atoms with van der Waals surface area (Å²) in [5.41, 5.74) is 5.99. The second kappa shape index (κ2) is 9.88. The number of aromatic amines is 1. The van der Waals surface area contributed by atoms with E-state index in [1.165, 1.54) is 26.8 Å². The van der Waals surface area contributed by atoms with Crippen molar-refractivity contribution in [2.45, 2.75) is 50.8 Å². The second-order valence-electron chi connectivity index (χ2n) is 8.82. The molecule has 6 atom stereocenters. The van der Waals surface area contributed by atoms with Gasteiger partial charge < -0.3 is 34.5 Å². The molecule has 0 aliphatic carbocycles. The van der Waals surface area contributed by atoms with Crippen LogP contribution in [0.4, 0.5) is 5.82 Å². The van der Waals surface area contributed by atoms with Crippen molar-refractivity contribution in [2.75, 3.05) is 25.6 Å². The molecule has 14 nitrogen and oxygen atoms in total. The summed E-state index contributed by atoms with van der Waals surface area (Å²) in [7, 11) is -3.49. The number of esters is 1. The maximum Gasteiger partial charge on any atom is 0.323 e. The smallest absolute Gasteiger partial charge is 0.323 e. The van der Waals surface area contributed by atoms with Crippen LogP contribution in [-0.4, -0.2) is 84.6 Å². The van der Waals surface area contributed by atoms with Crippen LogP contribution in [0.25, 0.3) is 22.3 Å². The third-order valence-electron chi connectivity index (χ3n) is 5.99. The van der Waals surface area contributed by atoms with Crippen LogP contribution in [-0.2, 0) is 23.4 Å². The van der Waals surface area contributed by atoms with Crippen molar-refractivity contribution in [3.05, 3.63) is 24.8 Å². The fourth-order valence-electron chi connectivity index (χ4n) is 4.20. The van der Waals surface area contributed by atoms with E-state index in [1.807, 2.05) is 0 Å². The van der Waals surface area contributed by atoms with Crippen molar-refractivity contribution in [3.8, 4) is 11.3 Å². The molecule has 1 aliphatic heterocycles. The minimum absolute atomic E-state index is 0.186. The number of nitrogens with one attached hydrogen (secondary N) is 2. The summed E-state index contributed by atoms with van der Waals surface area (Å²) in [6.07, 6.45) is 0.984. The number of rotatable bonds is 9. The number of hydrogen-bond donors (Lipinski definition) is 5. The Morgan fingerprint density at radius 1 is 1.47 bits per heavy atom. The number of hydrogen-bond acceptors (Lipinski definition) is 11. The molecule has 4 rings (SSSR count). The van der Waals surface area contributed by atoms with Gasteiger partial charge in [0.25, 0.3) is 7.52 Å². The van der Waals surface area contributed by atoms with Gasteiger partial charge in [-0.25, -0.2) is 15.1 Å². The van der Waals surface area contributed by atoms with Gasteiger partial charge >= 0.3 is 5.97 Å². The van der Waals surface area contributed by atoms with Crippen LogP contribution in [0.5, 0.6) is 0 Å². The van der Waals surface area contributed by atoms with E-state index >= 15 is 0 Å². The van der Waals surface area contributed by atoms with E-state index in [-0.39, 0.29) is 19.0 Å². The van der Waals surface area contributed by atoms with Gasteiger partial charge in [0.2, 0.25) is 0 Å². The molecule has 1 fully saturated rings. The first-order valence-corrected chi connectivity index (χ1v) is 13.4. The first-order valence-electron chi connectivity index (χ1n) is 11.3. The zero-order valence-corrected chi connectivity index (χ0v) is 21.2. The number of H-pyrrole nitrogens is 1. The van der Waals surface area contributed by atoms with Crippen LogP contribution in [0, 0.1) is 0 Å². The van der Waals surface area contributed by atoms with Crippen molar-refractivity contribution >= 4 is 30.3 Å². The molecule has 2 unspecified atom stereocenters. The highest BCUT2D eigenvalue weighted by Gasteiger charge is 2.54. The average molecular weight is 523 g/mol. The van der Waals surface area contributed by atoms with Crippen LogP contribution in [0.1, 0.15) is 27.0 Å². The van der Waals surface area contributed by atoms with Gasteiger partial charge in [0, 0.05) is 24.6 Å². The first kappa shape index (κ1) is 26.2. The van der Waals surface area contributed by atoms with Gasteiger partial charge in [0.05, 0.1) is 24.3 Å². The van der Waals surface area contributed by atoms with Gasteiger partial charge in [-0.2, -0.15) is 5.10 Å². The Kier molecular flexibility index (Phi) is 7.19. The molecule has 6 N–H and O–H groups in total. The number of nitrogens with zero attached hydrogens (tertiary/aromatic N) is 4. The lowest BCUT2D eigenvalue weighted by molar-refractivity contribution is -0.144. The highest BCUT2D eigenvalue weighted by Crippen LogP contribution is 2.45. The lowest BCUT2D eigenvalue weighted by Gasteiger charge is -2.27. The third kappa shape index (κ3) is 4.88. The highest BCUT2D eigenvalue weighted by molar-refractivity contribution is 7.56. The molecule has 0 saturated carbocycles. The van der Waals surface area contributed by atoms with E-state index in [4.69, 9.17) is 19.7 Å². The van der Waals surface area contributed by atoms with E-state index < -0.39 is 43.6 Å². The Balaban J connectivity index is 1.57. The van der Waals surface area contributed by atoms with Crippen LogP contribution >= 0.6 is 7.52 Å². The molecule has 0 aromatic carbocycles. The number of carbonyl (C=O) groups is 1. The number of fused-ring (bicyclic) bond motifs is 1. The molecule has 0 amide bonds. The summed E-state index contributed by atoms with van der Waals surface area (Å²) in [5.74, 6) is -0.354. The van der Waals surface area contributed by atoms with Gasteiger partial charge in [-0.3, -0.25) is 14.5 Å². The molecule has 3 aromatic heterocycles. The zero-order chi connectivity index (χ0) is 26.3. The minimum Gasteiger partial charge on any atom is -0.465 e. The predicted molar refractivity (Wildman–Crippen MR) is 129 cm³/mol. The maximum atomic E-state index is 12.9. The molecule has 36 heavy (non-hydrogen) atoms. The SMILES string of the molecule is CCOC(=O)[C@H](C)NP(C)(=O)OCC1O[C@@H](n2cc(-c3ccn[nH]3)c3c(N)ncnc32)[C@](C)(O)[C@@H]1O. The number of nitrogen functional groups attached to an aromatic ring is 1. The number of aliphatic hydroxyl groups is 2. The lowest BCUT2D eigenvalue weighted by Crippen LogP contribution is -2.44. The molecular formula is C21H30N7O7P. The van der Waals surface area contributed by atoms with E-state index in [9.17, 15) is 19.6 Å². The maximum absolute atomic E-state index is 12.9. The van der Waals surface area contributed by atoms with Crippen molar-refractivity contribution in [1.82, 2.24) is 29.8 Å². The fraction of sp³-hybridized carbons (Fsp3) is 0.524. The van der Waals surface area contributed by atoms with Crippen LogP contribution in [0.3, 0.4) is 0 Å². The summed E-state index contributed by atoms with van der Waals surface area (Å²) in [4.78, 5) is 20.2. The van der Waals surface area contributed by atoms with E-state index in [0.717, 1.165) is 0 Å². The molecule has 15 heteroatoms. The van der Waals surface area contributed by atoms with Crippen molar-refractivity contribution in [3.63, 3.8) is 0 Å². The predicted octanol–water partition coefficient (Wildman–Crippen LogP) is 0.794. The number of anilines is 1. The molecule has 1 saturated heterocycles. The monoisotopic (exact) mass is 523 g/mol. The molecule has 0 spiro atoms. The second-order valence-corrected chi connectivity index (χ2v) is 11.0. The third-order valence-corrected chi connectivity index (χ3v) is 7.49. The molecule has 1 aliphatic rings. The summed E-state index contributed by atoms with van der Waals surface area (Å²) >= 11 is 0. The Hall–Kier alpha value is -2.87. The normalized spacial score (nSPS) is 26.7. The zero-order valence-electron chi connectivity index (χ0n) is 20.3. The number of aromatic nitrogens is 5. The van der Waals surface area contributed by atoms with E-state index in [1.54, 1.807) is 30.0 Å². The van der Waals surface area contributed by atoms with Gasteiger partial charge in [-0.15, -0.1) is 0 Å². The fourth-order valence-corrected chi connectivity index (χ4v) is 5.51. The van der Waals surface area contributed by atoms with Crippen molar-refractivity contribution in [1.29, 1.82) is 0 Å². The Labute approximate surface area is 206 Å². The molecule has 0 bridgehead atoms. The van der Waals surface area contributed by atoms with Gasteiger partial charge in [-0.1, -0.05) is 0 Å². The molecule has 4 heterocycles. The van der Waals surface area contributed by atoms with E-state index in [0.29, 0.717) is 22.3 Å². The van der Waals surface area contributed by atoms with Crippen LogP contribution < -0.4 is 10.8 Å². The lowest BCUT2D eigenvalue weighted by atomic mass is 9.96. The van der Waals surface area contributed by atoms with Crippen LogP contribution in [0.15, 0.2) is 24.8 Å². The average Bonchev–Trinajstić information content (AvgIpc) is 3.51. The summed E-state index contributed by atoms with van der Waals surface area (Å²) in [6, 6.07) is 0.872. The summed E-state index contributed by atoms with van der Waals surface area (Å²) in [5, 5.41) is 32.1. The van der Waals surface area contributed by atoms with E-state index in [2.05, 4.69) is 25.3 Å². The number of carbonyl (C=O) groups excluding carboxylic acids is 1. The van der Waals surface area contributed by atoms with Crippen LogP contribution in [0.2, 0.25) is 0 Å². The largest absolute Gasteiger partial charge is 0.465 e. The number of nitrogens with two attached hydrogens (primary N) is 1. The van der Waals surface area contributed by atoms with Gasteiger partial charge in [-0.05, 0) is 26.8 Å². The standard InChI is InChI=1S/C21H30N7O7P/c1-5-33-19(30)11(2)27-36(4,32)34-9-14-16(29)21(3,31)20(35-14)28-8-12(13-6-7-25-26-13)15-17(22)23-10-24-18(15)28/h6-8,10-11,14,16,20,29,31H,5,9H2,1-4H3,(H,25,26)(H,27,32)(H2,22,23,24)/t11-,14?,16+,20+,21+,36?/m0/s1. The Morgan fingerprint density at radius 3 is 2.89 bits per heavy atom. The highest BCUT2D eigenvalue weighted by atomic mass is 31.2. The molecule has 0 radical (unpaired) electrons. The molecule has 196 valence electrons. The quantitative estimate of drug-likeness (QED) is 0.195. The van der Waals surface area contributed by atoms with Gasteiger partial charge in [0.1, 0.15) is 41.6 Å². The number of aliphatic hydroxyl groups excluding tert-OH is 1. The van der Waals surface area contributed by atoms with Crippen molar-refractivity contribution in [2.24, 2.45) is 0 Å². The number of ether oxygens (including phenoxy) is 2. The summed E-state index contributed by atoms with van der Waals surface area (Å²) in [6.45, 7) is 5.75. The first-order chi connectivity index (χ1) is 17.0. The Morgan fingerprint density at radius 2 is 2.22 bits per heavy atom. The molecular weight excluding hydrogens is 493 g/mol. The topological polar surface area (TPSA) is 200 Å². The summed E-state index contributed by atoms with van der Waals surface area (Å²) < 4.78 is 30.8.